The van der Waals surface area contributed by atoms with E-state index in [1.54, 1.807) is 17.4 Å². The highest BCUT2D eigenvalue weighted by molar-refractivity contribution is 7.10. The maximum absolute atomic E-state index is 12.1. The van der Waals surface area contributed by atoms with Crippen LogP contribution < -0.4 is 5.56 Å². The molecule has 21 heavy (non-hydrogen) atoms. The van der Waals surface area contributed by atoms with Crippen LogP contribution in [0.4, 0.5) is 0 Å². The molecule has 108 valence electrons. The van der Waals surface area contributed by atoms with Gasteiger partial charge in [0.25, 0.3) is 5.56 Å². The van der Waals surface area contributed by atoms with Crippen LogP contribution in [-0.4, -0.2) is 21.9 Å². The summed E-state index contributed by atoms with van der Waals surface area (Å²) in [5.41, 5.74) is 0.668. The molecule has 1 aromatic carbocycles. The normalized spacial score (nSPS) is 12.9. The molecule has 0 aliphatic carbocycles. The first-order valence-corrected chi connectivity index (χ1v) is 7.74. The van der Waals surface area contributed by atoms with Crippen molar-refractivity contribution in [1.82, 2.24) is 14.9 Å². The van der Waals surface area contributed by atoms with Gasteiger partial charge >= 0.3 is 0 Å². The minimum atomic E-state index is -0.0761. The van der Waals surface area contributed by atoms with E-state index in [9.17, 15) is 4.79 Å². The number of rotatable bonds is 4. The predicted molar refractivity (Wildman–Crippen MR) is 86.6 cm³/mol. The van der Waals surface area contributed by atoms with Gasteiger partial charge in [-0.05, 0) is 37.6 Å². The van der Waals surface area contributed by atoms with E-state index in [1.165, 1.54) is 4.88 Å². The molecule has 0 aliphatic rings. The fraction of sp³-hybridized carbons (Fsp3) is 0.250. The number of hydrogen-bond donors (Lipinski definition) is 1. The molecule has 3 rings (SSSR count). The highest BCUT2D eigenvalue weighted by atomic mass is 32.1. The predicted octanol–water partition coefficient (Wildman–Crippen LogP) is 3.18. The lowest BCUT2D eigenvalue weighted by Gasteiger charge is -2.23. The van der Waals surface area contributed by atoms with Crippen molar-refractivity contribution in [1.29, 1.82) is 0 Å². The number of thiophene rings is 1. The van der Waals surface area contributed by atoms with Crippen LogP contribution in [0.25, 0.3) is 10.9 Å². The minimum absolute atomic E-state index is 0.0761. The number of para-hydroxylation sites is 1. The van der Waals surface area contributed by atoms with Gasteiger partial charge < -0.3 is 4.98 Å². The van der Waals surface area contributed by atoms with Crippen molar-refractivity contribution in [2.24, 2.45) is 0 Å². The molecule has 0 amide bonds. The molecule has 0 saturated carbocycles. The zero-order chi connectivity index (χ0) is 14.8. The first-order chi connectivity index (χ1) is 10.1. The second-order valence-electron chi connectivity index (χ2n) is 5.14. The van der Waals surface area contributed by atoms with Gasteiger partial charge in [0.2, 0.25) is 0 Å². The molecule has 1 unspecified atom stereocenters. The van der Waals surface area contributed by atoms with Gasteiger partial charge in [-0.1, -0.05) is 18.2 Å². The van der Waals surface area contributed by atoms with Gasteiger partial charge in [0.15, 0.2) is 0 Å². The van der Waals surface area contributed by atoms with E-state index >= 15 is 0 Å². The van der Waals surface area contributed by atoms with Gasteiger partial charge in [0.1, 0.15) is 5.82 Å². The molecule has 4 nitrogen and oxygen atoms in total. The highest BCUT2D eigenvalue weighted by Gasteiger charge is 2.14. The fourth-order valence-corrected chi connectivity index (χ4v) is 3.18. The summed E-state index contributed by atoms with van der Waals surface area (Å²) in [5, 5.41) is 2.71. The summed E-state index contributed by atoms with van der Waals surface area (Å²) in [6, 6.07) is 11.9. The molecule has 0 fully saturated rings. The molecular formula is C16H17N3OS. The number of aromatic amines is 1. The molecule has 5 heteroatoms. The smallest absolute Gasteiger partial charge is 0.258 e. The summed E-state index contributed by atoms with van der Waals surface area (Å²) in [5.74, 6) is 0.699. The molecule has 0 bridgehead atoms. The molecule has 1 atom stereocenters. The third-order valence-corrected chi connectivity index (χ3v) is 4.72. The van der Waals surface area contributed by atoms with Gasteiger partial charge in [-0.15, -0.1) is 11.3 Å². The Hall–Kier alpha value is -1.98. The number of benzene rings is 1. The Bertz CT molecular complexity index is 795. The van der Waals surface area contributed by atoms with E-state index in [0.29, 0.717) is 23.8 Å². The van der Waals surface area contributed by atoms with E-state index in [-0.39, 0.29) is 5.56 Å². The number of fused-ring (bicyclic) bond motifs is 1. The maximum atomic E-state index is 12.1. The third kappa shape index (κ3) is 2.89. The van der Waals surface area contributed by atoms with Crippen LogP contribution in [0.5, 0.6) is 0 Å². The number of nitrogens with zero attached hydrogens (tertiary/aromatic N) is 2. The van der Waals surface area contributed by atoms with Crippen molar-refractivity contribution >= 4 is 22.2 Å². The van der Waals surface area contributed by atoms with Gasteiger partial charge in [-0.25, -0.2) is 4.98 Å². The Balaban J connectivity index is 1.86. The second kappa shape index (κ2) is 5.79. The van der Waals surface area contributed by atoms with Crippen molar-refractivity contribution in [3.63, 3.8) is 0 Å². The molecular weight excluding hydrogens is 282 g/mol. The van der Waals surface area contributed by atoms with Crippen molar-refractivity contribution in [2.45, 2.75) is 19.5 Å². The lowest BCUT2D eigenvalue weighted by atomic mass is 10.2. The quantitative estimate of drug-likeness (QED) is 0.805. The molecule has 0 spiro atoms. The van der Waals surface area contributed by atoms with Crippen molar-refractivity contribution in [3.8, 4) is 0 Å². The number of H-pyrrole nitrogens is 1. The molecule has 1 N–H and O–H groups in total. The average Bonchev–Trinajstić information content (AvgIpc) is 3.00. The molecule has 3 aromatic rings. The maximum Gasteiger partial charge on any atom is 0.258 e. The third-order valence-electron chi connectivity index (χ3n) is 3.68. The zero-order valence-electron chi connectivity index (χ0n) is 12.0. The number of nitrogens with one attached hydrogen (secondary N) is 1. The lowest BCUT2D eigenvalue weighted by Crippen LogP contribution is -2.24. The van der Waals surface area contributed by atoms with Crippen molar-refractivity contribution in [3.05, 3.63) is 62.8 Å². The van der Waals surface area contributed by atoms with Crippen LogP contribution in [0.3, 0.4) is 0 Å². The van der Waals surface area contributed by atoms with E-state index in [2.05, 4.69) is 39.3 Å². The standard InChI is InChI=1S/C16H17N3OS/c1-11(14-8-5-9-21-14)19(2)10-15-17-13-7-4-3-6-12(13)16(20)18-15/h3-9,11H,10H2,1-2H3,(H,17,18,20). The summed E-state index contributed by atoms with van der Waals surface area (Å²) in [6.07, 6.45) is 0. The van der Waals surface area contributed by atoms with Crippen LogP contribution in [0.2, 0.25) is 0 Å². The van der Waals surface area contributed by atoms with Gasteiger partial charge in [-0.3, -0.25) is 9.69 Å². The molecule has 0 radical (unpaired) electrons. The van der Waals surface area contributed by atoms with E-state index in [0.717, 1.165) is 5.52 Å². The second-order valence-corrected chi connectivity index (χ2v) is 6.12. The molecule has 2 aromatic heterocycles. The summed E-state index contributed by atoms with van der Waals surface area (Å²) >= 11 is 1.74. The van der Waals surface area contributed by atoms with Gasteiger partial charge in [-0.2, -0.15) is 0 Å². The van der Waals surface area contributed by atoms with E-state index in [4.69, 9.17) is 0 Å². The van der Waals surface area contributed by atoms with Crippen molar-refractivity contribution in [2.75, 3.05) is 7.05 Å². The van der Waals surface area contributed by atoms with E-state index in [1.807, 2.05) is 25.2 Å². The monoisotopic (exact) mass is 299 g/mol. The Kier molecular flexibility index (Phi) is 3.86. The Morgan fingerprint density at radius 2 is 2.10 bits per heavy atom. The topological polar surface area (TPSA) is 49.0 Å². The summed E-state index contributed by atoms with van der Waals surface area (Å²) in [6.45, 7) is 2.77. The average molecular weight is 299 g/mol. The lowest BCUT2D eigenvalue weighted by molar-refractivity contribution is 0.250. The van der Waals surface area contributed by atoms with Crippen LogP contribution >= 0.6 is 11.3 Å². The van der Waals surface area contributed by atoms with E-state index < -0.39 is 0 Å². The number of hydrogen-bond acceptors (Lipinski definition) is 4. The fourth-order valence-electron chi connectivity index (χ4n) is 2.33. The SMILES string of the molecule is CC(c1cccs1)N(C)Cc1nc2ccccc2c(=O)[nH]1. The Morgan fingerprint density at radius 3 is 2.86 bits per heavy atom. The Labute approximate surface area is 127 Å². The molecule has 0 aliphatic heterocycles. The Morgan fingerprint density at radius 1 is 1.29 bits per heavy atom. The molecule has 2 heterocycles. The van der Waals surface area contributed by atoms with Crippen LogP contribution in [0.1, 0.15) is 23.7 Å². The largest absolute Gasteiger partial charge is 0.309 e. The van der Waals surface area contributed by atoms with Gasteiger partial charge in [0.05, 0.1) is 17.4 Å². The first kappa shape index (κ1) is 14.0. The minimum Gasteiger partial charge on any atom is -0.309 e. The van der Waals surface area contributed by atoms with Crippen LogP contribution in [-0.2, 0) is 6.54 Å². The summed E-state index contributed by atoms with van der Waals surface area (Å²) in [4.78, 5) is 23.0. The van der Waals surface area contributed by atoms with Gasteiger partial charge in [0, 0.05) is 10.9 Å². The zero-order valence-corrected chi connectivity index (χ0v) is 12.9. The first-order valence-electron chi connectivity index (χ1n) is 6.87. The number of aromatic nitrogens is 2. The summed E-state index contributed by atoms with van der Waals surface area (Å²) < 4.78 is 0. The van der Waals surface area contributed by atoms with Crippen LogP contribution in [0.15, 0.2) is 46.6 Å². The summed E-state index contributed by atoms with van der Waals surface area (Å²) in [7, 11) is 2.04. The highest BCUT2D eigenvalue weighted by Crippen LogP contribution is 2.24. The van der Waals surface area contributed by atoms with Crippen molar-refractivity contribution < 1.29 is 0 Å². The van der Waals surface area contributed by atoms with Crippen LogP contribution in [0, 0.1) is 0 Å². The molecule has 0 saturated heterocycles.